The lowest BCUT2D eigenvalue weighted by molar-refractivity contribution is -0.134. The highest BCUT2D eigenvalue weighted by atomic mass is 16.2. The summed E-state index contributed by atoms with van der Waals surface area (Å²) in [7, 11) is 0. The lowest BCUT2D eigenvalue weighted by atomic mass is 9.63. The van der Waals surface area contributed by atoms with Crippen molar-refractivity contribution < 1.29 is 14.4 Å². The minimum atomic E-state index is -0.634. The molecule has 1 saturated carbocycles. The molecule has 2 aromatic rings. The maximum atomic E-state index is 13.4. The van der Waals surface area contributed by atoms with Crippen molar-refractivity contribution >= 4 is 34.2 Å². The molecule has 1 atom stereocenters. The van der Waals surface area contributed by atoms with Crippen LogP contribution < -0.4 is 10.2 Å². The molecule has 3 amide bonds. The van der Waals surface area contributed by atoms with E-state index in [1.54, 1.807) is 4.90 Å². The van der Waals surface area contributed by atoms with Gasteiger partial charge in [-0.2, -0.15) is 0 Å². The highest BCUT2D eigenvalue weighted by Crippen LogP contribution is 2.49. The SMILES string of the molecule is CCCC1(C)CC(N2CCC(c3ccc4c5c(cccc35)C(=O)N4C3CCC(=O)NC3=O)CC2)C1. The summed E-state index contributed by atoms with van der Waals surface area (Å²) in [6.45, 7) is 7.02. The zero-order valence-electron chi connectivity index (χ0n) is 20.8. The van der Waals surface area contributed by atoms with Gasteiger partial charge in [-0.25, -0.2) is 0 Å². The van der Waals surface area contributed by atoms with Crippen LogP contribution in [0.2, 0.25) is 0 Å². The van der Waals surface area contributed by atoms with Crippen LogP contribution in [0.4, 0.5) is 5.69 Å². The Kier molecular flexibility index (Phi) is 5.48. The fraction of sp³-hybridized carbons (Fsp3) is 0.552. The van der Waals surface area contributed by atoms with E-state index in [-0.39, 0.29) is 24.1 Å². The zero-order valence-corrected chi connectivity index (χ0v) is 20.8. The Morgan fingerprint density at radius 2 is 1.80 bits per heavy atom. The Morgan fingerprint density at radius 1 is 1.03 bits per heavy atom. The number of hydrogen-bond acceptors (Lipinski definition) is 4. The van der Waals surface area contributed by atoms with Crippen molar-refractivity contribution in [2.24, 2.45) is 5.41 Å². The van der Waals surface area contributed by atoms with Gasteiger partial charge in [-0.1, -0.05) is 38.5 Å². The van der Waals surface area contributed by atoms with Gasteiger partial charge in [0.15, 0.2) is 0 Å². The molecule has 6 rings (SSSR count). The lowest BCUT2D eigenvalue weighted by Gasteiger charge is -2.52. The number of amides is 3. The molecule has 2 aromatic carbocycles. The second-order valence-corrected chi connectivity index (χ2v) is 11.5. The van der Waals surface area contributed by atoms with Gasteiger partial charge in [0.2, 0.25) is 11.8 Å². The van der Waals surface area contributed by atoms with Crippen molar-refractivity contribution in [1.29, 1.82) is 0 Å². The molecule has 6 heteroatoms. The van der Waals surface area contributed by atoms with Gasteiger partial charge >= 0.3 is 0 Å². The largest absolute Gasteiger partial charge is 0.300 e. The number of carbonyl (C=O) groups is 3. The average Bonchev–Trinajstić information content (AvgIpc) is 3.11. The van der Waals surface area contributed by atoms with Crippen LogP contribution in [-0.4, -0.2) is 47.8 Å². The maximum Gasteiger partial charge on any atom is 0.259 e. The van der Waals surface area contributed by atoms with Crippen LogP contribution in [0.15, 0.2) is 30.3 Å². The van der Waals surface area contributed by atoms with Crippen molar-refractivity contribution in [3.63, 3.8) is 0 Å². The van der Waals surface area contributed by atoms with E-state index >= 15 is 0 Å². The van der Waals surface area contributed by atoms with Gasteiger partial charge < -0.3 is 4.90 Å². The number of piperidine rings is 2. The van der Waals surface area contributed by atoms with E-state index in [4.69, 9.17) is 0 Å². The van der Waals surface area contributed by atoms with Gasteiger partial charge in [-0.15, -0.1) is 0 Å². The van der Waals surface area contributed by atoms with Crippen LogP contribution in [0.1, 0.15) is 87.1 Å². The van der Waals surface area contributed by atoms with Gasteiger partial charge in [-0.05, 0) is 86.0 Å². The van der Waals surface area contributed by atoms with E-state index < -0.39 is 6.04 Å². The van der Waals surface area contributed by atoms with Crippen molar-refractivity contribution in [2.45, 2.75) is 83.2 Å². The molecule has 35 heavy (non-hydrogen) atoms. The van der Waals surface area contributed by atoms with E-state index in [0.717, 1.165) is 48.4 Å². The summed E-state index contributed by atoms with van der Waals surface area (Å²) >= 11 is 0. The van der Waals surface area contributed by atoms with E-state index in [2.05, 4.69) is 36.2 Å². The van der Waals surface area contributed by atoms with Gasteiger partial charge in [0.1, 0.15) is 6.04 Å². The first-order chi connectivity index (χ1) is 16.9. The summed E-state index contributed by atoms with van der Waals surface area (Å²) in [6.07, 6.45) is 8.21. The minimum Gasteiger partial charge on any atom is -0.300 e. The molecule has 0 aromatic heterocycles. The third-order valence-corrected chi connectivity index (χ3v) is 9.08. The molecule has 0 bridgehead atoms. The summed E-state index contributed by atoms with van der Waals surface area (Å²) in [5.41, 5.74) is 3.36. The Hall–Kier alpha value is -2.73. The number of hydrogen-bond donors (Lipinski definition) is 1. The quantitative estimate of drug-likeness (QED) is 0.636. The van der Waals surface area contributed by atoms with Crippen LogP contribution in [-0.2, 0) is 9.59 Å². The van der Waals surface area contributed by atoms with Crippen LogP contribution >= 0.6 is 0 Å². The standard InChI is InChI=1S/C29H35N3O3/c1-3-13-29(2)16-19(17-29)31-14-11-18(12-15-31)20-7-8-23-26-21(20)5-4-6-22(26)28(35)32(23)24-9-10-25(33)30-27(24)34/h4-8,18-19,24H,3,9-17H2,1-2H3,(H,30,33,34). The smallest absolute Gasteiger partial charge is 0.259 e. The summed E-state index contributed by atoms with van der Waals surface area (Å²) in [4.78, 5) is 42.0. The Balaban J connectivity index is 1.23. The molecular formula is C29H35N3O3. The molecule has 1 N–H and O–H groups in total. The fourth-order valence-corrected chi connectivity index (χ4v) is 7.34. The van der Waals surface area contributed by atoms with Crippen molar-refractivity contribution in [1.82, 2.24) is 10.2 Å². The molecule has 3 fully saturated rings. The first kappa shape index (κ1) is 22.7. The summed E-state index contributed by atoms with van der Waals surface area (Å²) in [6, 6.07) is 10.3. The number of anilines is 1. The maximum absolute atomic E-state index is 13.4. The number of rotatable bonds is 5. The first-order valence-corrected chi connectivity index (χ1v) is 13.4. The van der Waals surface area contributed by atoms with Crippen LogP contribution in [0.3, 0.4) is 0 Å². The van der Waals surface area contributed by atoms with Gasteiger partial charge in [0.25, 0.3) is 5.91 Å². The molecular weight excluding hydrogens is 438 g/mol. The van der Waals surface area contributed by atoms with Crippen molar-refractivity contribution in [3.05, 3.63) is 41.5 Å². The van der Waals surface area contributed by atoms with Crippen LogP contribution in [0.5, 0.6) is 0 Å². The summed E-state index contributed by atoms with van der Waals surface area (Å²) in [5, 5.41) is 4.52. The number of carbonyl (C=O) groups excluding carboxylic acids is 3. The number of likely N-dealkylation sites (tertiary alicyclic amines) is 1. The van der Waals surface area contributed by atoms with E-state index in [1.165, 1.54) is 31.2 Å². The van der Waals surface area contributed by atoms with E-state index in [9.17, 15) is 14.4 Å². The first-order valence-electron chi connectivity index (χ1n) is 13.4. The lowest BCUT2D eigenvalue weighted by Crippen LogP contribution is -2.53. The third kappa shape index (κ3) is 3.68. The summed E-state index contributed by atoms with van der Waals surface area (Å²) in [5.74, 6) is -0.290. The van der Waals surface area contributed by atoms with Gasteiger partial charge in [-0.3, -0.25) is 24.6 Å². The topological polar surface area (TPSA) is 69.7 Å². The molecule has 2 saturated heterocycles. The Labute approximate surface area is 207 Å². The highest BCUT2D eigenvalue weighted by molar-refractivity contribution is 6.27. The van der Waals surface area contributed by atoms with Crippen molar-refractivity contribution in [2.75, 3.05) is 18.0 Å². The minimum absolute atomic E-state index is 0.132. The second-order valence-electron chi connectivity index (χ2n) is 11.5. The molecule has 6 nitrogen and oxygen atoms in total. The van der Waals surface area contributed by atoms with Gasteiger partial charge in [0, 0.05) is 23.4 Å². The van der Waals surface area contributed by atoms with Crippen LogP contribution in [0.25, 0.3) is 10.8 Å². The number of imide groups is 1. The molecule has 3 heterocycles. The number of nitrogens with zero attached hydrogens (tertiary/aromatic N) is 2. The summed E-state index contributed by atoms with van der Waals surface area (Å²) < 4.78 is 0. The monoisotopic (exact) mass is 473 g/mol. The zero-order chi connectivity index (χ0) is 24.3. The molecule has 4 aliphatic rings. The second kappa shape index (κ2) is 8.44. The predicted molar refractivity (Wildman–Crippen MR) is 137 cm³/mol. The van der Waals surface area contributed by atoms with Crippen molar-refractivity contribution in [3.8, 4) is 0 Å². The fourth-order valence-electron chi connectivity index (χ4n) is 7.34. The Morgan fingerprint density at radius 3 is 2.51 bits per heavy atom. The average molecular weight is 474 g/mol. The molecule has 0 spiro atoms. The number of benzene rings is 2. The molecule has 1 aliphatic carbocycles. The van der Waals surface area contributed by atoms with E-state index in [0.29, 0.717) is 23.3 Å². The van der Waals surface area contributed by atoms with E-state index in [1.807, 2.05) is 18.2 Å². The molecule has 1 unspecified atom stereocenters. The van der Waals surface area contributed by atoms with Crippen LogP contribution in [0, 0.1) is 5.41 Å². The molecule has 3 aliphatic heterocycles. The predicted octanol–water partition coefficient (Wildman–Crippen LogP) is 4.75. The number of nitrogens with one attached hydrogen (secondary N) is 1. The molecule has 0 radical (unpaired) electrons. The normalized spacial score (nSPS) is 29.5. The molecule has 184 valence electrons. The van der Waals surface area contributed by atoms with Gasteiger partial charge in [0.05, 0.1) is 5.69 Å². The third-order valence-electron chi connectivity index (χ3n) is 9.08. The highest BCUT2D eigenvalue weighted by Gasteiger charge is 2.44. The Bertz CT molecular complexity index is 1210.